The fraction of sp³-hybridized carbons (Fsp3) is 0.0870. The Morgan fingerprint density at radius 2 is 1.60 bits per heavy atom. The van der Waals surface area contributed by atoms with Crippen molar-refractivity contribution in [3.05, 3.63) is 99.8 Å². The van der Waals surface area contributed by atoms with E-state index in [9.17, 15) is 14.4 Å². The summed E-state index contributed by atoms with van der Waals surface area (Å²) >= 11 is 3.40. The monoisotopic (exact) mass is 467 g/mol. The van der Waals surface area contributed by atoms with Crippen LogP contribution in [-0.2, 0) is 19.1 Å². The molecule has 0 aliphatic carbocycles. The molecule has 2 aromatic carbocycles. The lowest BCUT2D eigenvalue weighted by Crippen LogP contribution is -2.28. The molecule has 0 saturated heterocycles. The number of anilines is 1. The SMILES string of the molecule is COC(=O)C1=C(C(=O)OC)N(c2ccc(Br)cc2C(=O)c2ccccc2)C=CC=C1. The minimum absolute atomic E-state index is 0.00961. The highest BCUT2D eigenvalue weighted by Gasteiger charge is 2.29. The van der Waals surface area contributed by atoms with E-state index in [1.54, 1.807) is 60.8 Å². The molecular weight excluding hydrogens is 450 g/mol. The Kier molecular flexibility index (Phi) is 6.64. The molecule has 152 valence electrons. The zero-order chi connectivity index (χ0) is 21.7. The summed E-state index contributed by atoms with van der Waals surface area (Å²) in [6.07, 6.45) is 6.31. The van der Waals surface area contributed by atoms with Crippen molar-refractivity contribution in [3.8, 4) is 0 Å². The Hall–Kier alpha value is -3.45. The molecule has 0 spiro atoms. The molecule has 1 heterocycles. The molecule has 1 aliphatic rings. The van der Waals surface area contributed by atoms with E-state index >= 15 is 0 Å². The van der Waals surface area contributed by atoms with Gasteiger partial charge in [0.1, 0.15) is 5.70 Å². The number of methoxy groups -OCH3 is 2. The molecule has 0 amide bonds. The summed E-state index contributed by atoms with van der Waals surface area (Å²) in [5, 5.41) is 0. The summed E-state index contributed by atoms with van der Waals surface area (Å²) in [7, 11) is 2.45. The van der Waals surface area contributed by atoms with Crippen molar-refractivity contribution in [1.82, 2.24) is 0 Å². The number of ketones is 1. The fourth-order valence-corrected chi connectivity index (χ4v) is 3.36. The van der Waals surface area contributed by atoms with E-state index in [0.29, 0.717) is 21.3 Å². The number of hydrogen-bond acceptors (Lipinski definition) is 6. The molecule has 0 bridgehead atoms. The molecule has 0 unspecified atom stereocenters. The lowest BCUT2D eigenvalue weighted by Gasteiger charge is -2.25. The quantitative estimate of drug-likeness (QED) is 0.485. The van der Waals surface area contributed by atoms with Gasteiger partial charge in [-0.05, 0) is 30.4 Å². The number of allylic oxidation sites excluding steroid dienone is 2. The summed E-state index contributed by atoms with van der Waals surface area (Å²) in [4.78, 5) is 39.7. The van der Waals surface area contributed by atoms with E-state index in [-0.39, 0.29) is 17.1 Å². The number of carbonyl (C=O) groups excluding carboxylic acids is 3. The molecule has 0 aromatic heterocycles. The Bertz CT molecular complexity index is 1090. The first-order valence-electron chi connectivity index (χ1n) is 8.92. The van der Waals surface area contributed by atoms with E-state index < -0.39 is 11.9 Å². The standard InChI is InChI=1S/C23H18BrNO5/c1-29-22(27)17-10-6-7-13-25(20(17)23(28)30-2)19-12-11-16(24)14-18(19)21(26)15-8-4-3-5-9-15/h3-14H,1-2H3. The molecule has 1 aliphatic heterocycles. The van der Waals surface area contributed by atoms with E-state index in [1.807, 2.05) is 6.07 Å². The van der Waals surface area contributed by atoms with Gasteiger partial charge in [0.2, 0.25) is 0 Å². The van der Waals surface area contributed by atoms with E-state index in [4.69, 9.17) is 9.47 Å². The highest BCUT2D eigenvalue weighted by molar-refractivity contribution is 9.10. The zero-order valence-corrected chi connectivity index (χ0v) is 17.9. The third kappa shape index (κ3) is 4.26. The first kappa shape index (κ1) is 21.3. The largest absolute Gasteiger partial charge is 0.465 e. The second kappa shape index (κ2) is 9.37. The van der Waals surface area contributed by atoms with Crippen LogP contribution in [0.5, 0.6) is 0 Å². The van der Waals surface area contributed by atoms with Crippen LogP contribution in [0.1, 0.15) is 15.9 Å². The Morgan fingerprint density at radius 3 is 2.27 bits per heavy atom. The molecule has 7 heteroatoms. The Balaban J connectivity index is 2.24. The average molecular weight is 468 g/mol. The van der Waals surface area contributed by atoms with Crippen molar-refractivity contribution in [2.75, 3.05) is 19.1 Å². The third-order valence-electron chi connectivity index (χ3n) is 4.39. The predicted molar refractivity (Wildman–Crippen MR) is 116 cm³/mol. The van der Waals surface area contributed by atoms with Gasteiger partial charge in [0, 0.05) is 21.8 Å². The van der Waals surface area contributed by atoms with Crippen LogP contribution in [0.15, 0.2) is 88.7 Å². The molecule has 0 atom stereocenters. The van der Waals surface area contributed by atoms with Crippen LogP contribution >= 0.6 is 15.9 Å². The van der Waals surface area contributed by atoms with Crippen molar-refractivity contribution in [2.45, 2.75) is 0 Å². The summed E-state index contributed by atoms with van der Waals surface area (Å²) in [6.45, 7) is 0. The summed E-state index contributed by atoms with van der Waals surface area (Å²) in [5.41, 5.74) is 1.20. The smallest absolute Gasteiger partial charge is 0.355 e. The number of hydrogen-bond donors (Lipinski definition) is 0. The van der Waals surface area contributed by atoms with Crippen LogP contribution in [0.2, 0.25) is 0 Å². The Labute approximate surface area is 182 Å². The number of carbonyl (C=O) groups is 3. The van der Waals surface area contributed by atoms with E-state index in [1.165, 1.54) is 25.2 Å². The van der Waals surface area contributed by atoms with E-state index in [0.717, 1.165) is 0 Å². The minimum atomic E-state index is -0.743. The second-order valence-corrected chi connectivity index (χ2v) is 7.09. The number of nitrogens with zero attached hydrogens (tertiary/aromatic N) is 1. The lowest BCUT2D eigenvalue weighted by molar-refractivity contribution is -0.139. The lowest BCUT2D eigenvalue weighted by atomic mass is 10.0. The minimum Gasteiger partial charge on any atom is -0.465 e. The topological polar surface area (TPSA) is 72.9 Å². The van der Waals surface area contributed by atoms with Gasteiger partial charge in [-0.25, -0.2) is 9.59 Å². The van der Waals surface area contributed by atoms with Gasteiger partial charge in [0.15, 0.2) is 5.78 Å². The first-order valence-corrected chi connectivity index (χ1v) is 9.71. The Morgan fingerprint density at radius 1 is 0.900 bits per heavy atom. The van der Waals surface area contributed by atoms with Gasteiger partial charge < -0.3 is 14.4 Å². The molecular formula is C23H18BrNO5. The molecule has 6 nitrogen and oxygen atoms in total. The molecule has 0 saturated carbocycles. The molecule has 3 rings (SSSR count). The van der Waals surface area contributed by atoms with Crippen LogP contribution < -0.4 is 4.90 Å². The fourth-order valence-electron chi connectivity index (χ4n) is 3.00. The van der Waals surface area contributed by atoms with Crippen molar-refractivity contribution in [2.24, 2.45) is 0 Å². The van der Waals surface area contributed by atoms with Crippen molar-refractivity contribution in [3.63, 3.8) is 0 Å². The van der Waals surface area contributed by atoms with Crippen molar-refractivity contribution >= 4 is 39.3 Å². The van der Waals surface area contributed by atoms with Crippen LogP contribution in [0.4, 0.5) is 5.69 Å². The molecule has 0 radical (unpaired) electrons. The van der Waals surface area contributed by atoms with Crippen molar-refractivity contribution in [1.29, 1.82) is 0 Å². The first-order chi connectivity index (χ1) is 14.5. The predicted octanol–water partition coefficient (Wildman–Crippen LogP) is 4.17. The maximum absolute atomic E-state index is 13.3. The molecule has 0 fully saturated rings. The number of benzene rings is 2. The number of halogens is 1. The van der Waals surface area contributed by atoms with Crippen LogP contribution in [0, 0.1) is 0 Å². The average Bonchev–Trinajstić information content (AvgIpc) is 3.01. The van der Waals surface area contributed by atoms with Crippen molar-refractivity contribution < 1.29 is 23.9 Å². The van der Waals surface area contributed by atoms with Gasteiger partial charge in [0.05, 0.1) is 25.5 Å². The zero-order valence-electron chi connectivity index (χ0n) is 16.3. The van der Waals surface area contributed by atoms with Gasteiger partial charge in [-0.2, -0.15) is 0 Å². The van der Waals surface area contributed by atoms with Crippen LogP contribution in [0.25, 0.3) is 0 Å². The third-order valence-corrected chi connectivity index (χ3v) is 4.88. The van der Waals surface area contributed by atoms with Gasteiger partial charge >= 0.3 is 11.9 Å². The van der Waals surface area contributed by atoms with E-state index in [2.05, 4.69) is 15.9 Å². The maximum atomic E-state index is 13.3. The van der Waals surface area contributed by atoms with Gasteiger partial charge in [-0.15, -0.1) is 0 Å². The number of rotatable bonds is 5. The summed E-state index contributed by atoms with van der Waals surface area (Å²) in [5.74, 6) is -1.68. The summed E-state index contributed by atoms with van der Waals surface area (Å²) < 4.78 is 10.5. The van der Waals surface area contributed by atoms with Crippen LogP contribution in [0.3, 0.4) is 0 Å². The van der Waals surface area contributed by atoms with Gasteiger partial charge in [0.25, 0.3) is 0 Å². The normalized spacial score (nSPS) is 13.1. The highest BCUT2D eigenvalue weighted by Crippen LogP contribution is 2.32. The summed E-state index contributed by atoms with van der Waals surface area (Å²) in [6, 6.07) is 13.9. The van der Waals surface area contributed by atoms with Crippen LogP contribution in [-0.4, -0.2) is 31.9 Å². The van der Waals surface area contributed by atoms with Gasteiger partial charge in [-0.1, -0.05) is 52.3 Å². The van der Waals surface area contributed by atoms with Gasteiger partial charge in [-0.3, -0.25) is 4.79 Å². The molecule has 30 heavy (non-hydrogen) atoms. The highest BCUT2D eigenvalue weighted by atomic mass is 79.9. The second-order valence-electron chi connectivity index (χ2n) is 6.17. The number of ether oxygens (including phenoxy) is 2. The maximum Gasteiger partial charge on any atom is 0.355 e. The molecule has 2 aromatic rings. The number of esters is 2. The molecule has 0 N–H and O–H groups in total.